The van der Waals surface area contributed by atoms with Gasteiger partial charge in [0, 0.05) is 17.1 Å². The monoisotopic (exact) mass is 254 g/mol. The van der Waals surface area contributed by atoms with Crippen LogP contribution in [-0.4, -0.2) is 18.7 Å². The average Bonchev–Trinajstić information content (AvgIpc) is 2.68. The number of nitrogens with two attached hydrogens (primary N) is 1. The van der Waals surface area contributed by atoms with Crippen LogP contribution in [0.3, 0.4) is 0 Å². The predicted octanol–water partition coefficient (Wildman–Crippen LogP) is 3.03. The van der Waals surface area contributed by atoms with Gasteiger partial charge in [-0.3, -0.25) is 0 Å². The van der Waals surface area contributed by atoms with E-state index >= 15 is 0 Å². The van der Waals surface area contributed by atoms with Gasteiger partial charge >= 0.3 is 0 Å². The molecule has 0 saturated heterocycles. The molecular weight excluding hydrogens is 236 g/mol. The highest BCUT2D eigenvalue weighted by Crippen LogP contribution is 2.31. The molecule has 0 heterocycles. The van der Waals surface area contributed by atoms with E-state index in [0.717, 1.165) is 35.7 Å². The zero-order chi connectivity index (χ0) is 12.3. The molecule has 1 saturated carbocycles. The van der Waals surface area contributed by atoms with Crippen LogP contribution in [0.4, 0.5) is 5.69 Å². The summed E-state index contributed by atoms with van der Waals surface area (Å²) in [6.07, 6.45) is 3.21. The molecule has 1 aliphatic carbocycles. The third kappa shape index (κ3) is 3.27. The molecule has 1 aromatic rings. The summed E-state index contributed by atoms with van der Waals surface area (Å²) in [7, 11) is 0. The minimum atomic E-state index is 0.322. The Balaban J connectivity index is 2.10. The number of anilines is 1. The molecule has 17 heavy (non-hydrogen) atoms. The molecule has 0 radical (unpaired) electrons. The summed E-state index contributed by atoms with van der Waals surface area (Å²) >= 11 is 6.01. The molecular formula is C13H19ClN2O. The first-order valence-corrected chi connectivity index (χ1v) is 6.51. The fraction of sp³-hybridized carbons (Fsp3) is 0.538. The first-order valence-electron chi connectivity index (χ1n) is 6.13. The lowest BCUT2D eigenvalue weighted by Gasteiger charge is -2.17. The normalized spacial score (nSPS) is 23.7. The van der Waals surface area contributed by atoms with Gasteiger partial charge < -0.3 is 15.8 Å². The van der Waals surface area contributed by atoms with Crippen molar-refractivity contribution < 1.29 is 4.74 Å². The van der Waals surface area contributed by atoms with Crippen molar-refractivity contribution in [3.63, 3.8) is 0 Å². The summed E-state index contributed by atoms with van der Waals surface area (Å²) in [6.45, 7) is 2.63. The van der Waals surface area contributed by atoms with Crippen molar-refractivity contribution >= 4 is 17.3 Å². The minimum Gasteiger partial charge on any atom is -0.492 e. The predicted molar refractivity (Wildman–Crippen MR) is 71.9 cm³/mol. The third-order valence-corrected chi connectivity index (χ3v) is 3.31. The summed E-state index contributed by atoms with van der Waals surface area (Å²) < 4.78 is 5.58. The van der Waals surface area contributed by atoms with Crippen LogP contribution in [0.25, 0.3) is 0 Å². The second kappa shape index (κ2) is 5.61. The molecule has 0 aliphatic heterocycles. The van der Waals surface area contributed by atoms with Gasteiger partial charge in [0.25, 0.3) is 0 Å². The largest absolute Gasteiger partial charge is 0.492 e. The highest BCUT2D eigenvalue weighted by molar-refractivity contribution is 6.30. The number of benzene rings is 1. The number of hydrogen-bond acceptors (Lipinski definition) is 3. The van der Waals surface area contributed by atoms with Crippen molar-refractivity contribution in [2.45, 2.75) is 38.3 Å². The van der Waals surface area contributed by atoms with Crippen LogP contribution in [-0.2, 0) is 0 Å². The number of rotatable bonds is 4. The SMILES string of the molecule is CCOc1ccc(Cl)cc1NC1CCC(N)C1. The lowest BCUT2D eigenvalue weighted by Crippen LogP contribution is -2.21. The standard InChI is InChI=1S/C13H19ClN2O/c1-2-17-13-6-3-9(14)7-12(13)16-11-5-4-10(15)8-11/h3,6-7,10-11,16H,2,4-5,8,15H2,1H3. The Hall–Kier alpha value is -0.930. The molecule has 1 aliphatic rings. The van der Waals surface area contributed by atoms with Crippen molar-refractivity contribution in [2.75, 3.05) is 11.9 Å². The average molecular weight is 255 g/mol. The third-order valence-electron chi connectivity index (χ3n) is 3.07. The van der Waals surface area contributed by atoms with Crippen molar-refractivity contribution in [3.8, 4) is 5.75 Å². The Morgan fingerprint density at radius 3 is 2.94 bits per heavy atom. The van der Waals surface area contributed by atoms with Crippen LogP contribution in [0.2, 0.25) is 5.02 Å². The number of hydrogen-bond donors (Lipinski definition) is 2. The zero-order valence-electron chi connectivity index (χ0n) is 10.1. The number of ether oxygens (including phenoxy) is 1. The van der Waals surface area contributed by atoms with E-state index in [1.54, 1.807) is 0 Å². The molecule has 0 bridgehead atoms. The van der Waals surface area contributed by atoms with Crippen molar-refractivity contribution in [1.82, 2.24) is 0 Å². The van der Waals surface area contributed by atoms with Crippen LogP contribution in [0.1, 0.15) is 26.2 Å². The van der Waals surface area contributed by atoms with E-state index in [0.29, 0.717) is 18.7 Å². The molecule has 0 amide bonds. The lowest BCUT2D eigenvalue weighted by molar-refractivity contribution is 0.341. The van der Waals surface area contributed by atoms with Gasteiger partial charge in [-0.25, -0.2) is 0 Å². The fourth-order valence-electron chi connectivity index (χ4n) is 2.26. The Bertz CT molecular complexity index is 384. The minimum absolute atomic E-state index is 0.322. The van der Waals surface area contributed by atoms with E-state index in [9.17, 15) is 0 Å². The Morgan fingerprint density at radius 2 is 2.29 bits per heavy atom. The van der Waals surface area contributed by atoms with Crippen LogP contribution in [0.5, 0.6) is 5.75 Å². The molecule has 3 N–H and O–H groups in total. The molecule has 4 heteroatoms. The molecule has 94 valence electrons. The summed E-state index contributed by atoms with van der Waals surface area (Å²) in [5.74, 6) is 0.859. The second-order valence-corrected chi connectivity index (χ2v) is 4.92. The summed E-state index contributed by atoms with van der Waals surface area (Å²) in [5, 5.41) is 4.20. The maximum absolute atomic E-state index is 6.01. The van der Waals surface area contributed by atoms with Gasteiger partial charge in [0.15, 0.2) is 0 Å². The van der Waals surface area contributed by atoms with Gasteiger partial charge in [-0.05, 0) is 44.4 Å². The quantitative estimate of drug-likeness (QED) is 0.868. The molecule has 3 nitrogen and oxygen atoms in total. The second-order valence-electron chi connectivity index (χ2n) is 4.49. The van der Waals surface area contributed by atoms with E-state index in [2.05, 4.69) is 5.32 Å². The van der Waals surface area contributed by atoms with Crippen LogP contribution in [0.15, 0.2) is 18.2 Å². The van der Waals surface area contributed by atoms with E-state index < -0.39 is 0 Å². The molecule has 2 rings (SSSR count). The van der Waals surface area contributed by atoms with Gasteiger partial charge in [0.1, 0.15) is 5.75 Å². The molecule has 1 fully saturated rings. The van der Waals surface area contributed by atoms with Gasteiger partial charge in [0.05, 0.1) is 12.3 Å². The van der Waals surface area contributed by atoms with Crippen molar-refractivity contribution in [3.05, 3.63) is 23.2 Å². The van der Waals surface area contributed by atoms with E-state index in [4.69, 9.17) is 22.1 Å². The smallest absolute Gasteiger partial charge is 0.142 e. The number of halogens is 1. The Labute approximate surface area is 107 Å². The van der Waals surface area contributed by atoms with Crippen LogP contribution in [0, 0.1) is 0 Å². The van der Waals surface area contributed by atoms with Crippen LogP contribution < -0.4 is 15.8 Å². The van der Waals surface area contributed by atoms with E-state index in [1.807, 2.05) is 25.1 Å². The molecule has 2 unspecified atom stereocenters. The highest BCUT2D eigenvalue weighted by atomic mass is 35.5. The maximum atomic E-state index is 6.01. The van der Waals surface area contributed by atoms with Crippen molar-refractivity contribution in [1.29, 1.82) is 0 Å². The highest BCUT2D eigenvalue weighted by Gasteiger charge is 2.22. The number of nitrogens with one attached hydrogen (secondary N) is 1. The Kier molecular flexibility index (Phi) is 4.13. The Morgan fingerprint density at radius 1 is 1.47 bits per heavy atom. The molecule has 2 atom stereocenters. The topological polar surface area (TPSA) is 47.3 Å². The van der Waals surface area contributed by atoms with E-state index in [1.165, 1.54) is 0 Å². The van der Waals surface area contributed by atoms with Gasteiger partial charge in [0.2, 0.25) is 0 Å². The summed E-state index contributed by atoms with van der Waals surface area (Å²) in [4.78, 5) is 0. The van der Waals surface area contributed by atoms with Crippen molar-refractivity contribution in [2.24, 2.45) is 5.73 Å². The lowest BCUT2D eigenvalue weighted by atomic mass is 10.2. The van der Waals surface area contributed by atoms with E-state index in [-0.39, 0.29) is 0 Å². The van der Waals surface area contributed by atoms with Gasteiger partial charge in [-0.1, -0.05) is 11.6 Å². The molecule has 0 aromatic heterocycles. The van der Waals surface area contributed by atoms with Gasteiger partial charge in [-0.15, -0.1) is 0 Å². The first-order chi connectivity index (χ1) is 8.19. The zero-order valence-corrected chi connectivity index (χ0v) is 10.8. The molecule has 0 spiro atoms. The molecule has 1 aromatic carbocycles. The van der Waals surface area contributed by atoms with Gasteiger partial charge in [-0.2, -0.15) is 0 Å². The fourth-order valence-corrected chi connectivity index (χ4v) is 2.44. The van der Waals surface area contributed by atoms with Crippen LogP contribution >= 0.6 is 11.6 Å². The first kappa shape index (κ1) is 12.5. The maximum Gasteiger partial charge on any atom is 0.142 e. The summed E-state index contributed by atoms with van der Waals surface area (Å²) in [5.41, 5.74) is 6.88. The summed E-state index contributed by atoms with van der Waals surface area (Å²) in [6, 6.07) is 6.42.